The average Bonchev–Trinajstić information content (AvgIpc) is 2.99. The van der Waals surface area contributed by atoms with Crippen LogP contribution in [-0.2, 0) is 21.2 Å². The number of rotatable bonds is 7. The Kier molecular flexibility index (Phi) is 6.40. The van der Waals surface area contributed by atoms with Crippen molar-refractivity contribution in [2.75, 3.05) is 25.1 Å². The molecule has 1 aliphatic heterocycles. The molecule has 0 radical (unpaired) electrons. The molecule has 1 aliphatic rings. The van der Waals surface area contributed by atoms with Gasteiger partial charge in [-0.15, -0.1) is 0 Å². The van der Waals surface area contributed by atoms with Crippen LogP contribution in [0.3, 0.4) is 0 Å². The molecule has 1 aromatic heterocycles. The number of amides is 1. The van der Waals surface area contributed by atoms with Gasteiger partial charge in [0.25, 0.3) is 0 Å². The number of thiazole rings is 1. The van der Waals surface area contributed by atoms with Crippen LogP contribution >= 0.6 is 11.3 Å². The van der Waals surface area contributed by atoms with Gasteiger partial charge in [-0.3, -0.25) is 4.79 Å². The van der Waals surface area contributed by atoms with Crippen LogP contribution in [0.1, 0.15) is 25.3 Å². The molecule has 2 heterocycles. The lowest BCUT2D eigenvalue weighted by Gasteiger charge is -2.10. The third kappa shape index (κ3) is 5.15. The zero-order valence-electron chi connectivity index (χ0n) is 17.0. The van der Waals surface area contributed by atoms with Gasteiger partial charge in [-0.25, -0.2) is 18.1 Å². The monoisotopic (exact) mass is 461 g/mol. The molecular formula is C21H23N3O5S2. The summed E-state index contributed by atoms with van der Waals surface area (Å²) in [4.78, 5) is 16.7. The highest BCUT2D eigenvalue weighted by atomic mass is 32.2. The van der Waals surface area contributed by atoms with Crippen molar-refractivity contribution in [3.05, 3.63) is 42.0 Å². The maximum absolute atomic E-state index is 12.6. The second-order valence-electron chi connectivity index (χ2n) is 7.03. The van der Waals surface area contributed by atoms with Gasteiger partial charge in [0.15, 0.2) is 16.6 Å². The molecule has 8 nitrogen and oxygen atoms in total. The molecule has 31 heavy (non-hydrogen) atoms. The smallest absolute Gasteiger partial charge is 0.240 e. The molecule has 0 bridgehead atoms. The number of carbonyl (C=O) groups is 1. The lowest BCUT2D eigenvalue weighted by Crippen LogP contribution is -2.27. The summed E-state index contributed by atoms with van der Waals surface area (Å²) in [5, 5.41) is 3.24. The number of aryl methyl sites for hydroxylation is 1. The van der Waals surface area contributed by atoms with Gasteiger partial charge < -0.3 is 14.8 Å². The first-order valence-electron chi connectivity index (χ1n) is 10.0. The van der Waals surface area contributed by atoms with Gasteiger partial charge in [-0.1, -0.05) is 24.3 Å². The van der Waals surface area contributed by atoms with E-state index in [2.05, 4.69) is 28.0 Å². The van der Waals surface area contributed by atoms with E-state index in [4.69, 9.17) is 9.47 Å². The minimum Gasteiger partial charge on any atom is -0.490 e. The number of anilines is 1. The van der Waals surface area contributed by atoms with Gasteiger partial charge in [0.2, 0.25) is 15.9 Å². The van der Waals surface area contributed by atoms with Crippen molar-refractivity contribution in [1.29, 1.82) is 0 Å². The number of benzene rings is 2. The van der Waals surface area contributed by atoms with E-state index < -0.39 is 10.0 Å². The van der Waals surface area contributed by atoms with E-state index in [1.165, 1.54) is 29.0 Å². The maximum Gasteiger partial charge on any atom is 0.240 e. The molecule has 0 fully saturated rings. The molecule has 10 heteroatoms. The van der Waals surface area contributed by atoms with Crippen molar-refractivity contribution in [3.8, 4) is 11.5 Å². The summed E-state index contributed by atoms with van der Waals surface area (Å²) >= 11 is 1.40. The SMILES string of the molecule is CCc1ccc2nc(NC(=O)CCNS(=O)(=O)c3ccc4c(c3)OCCCO4)sc2c1. The Morgan fingerprint density at radius 3 is 2.74 bits per heavy atom. The van der Waals surface area contributed by atoms with Crippen LogP contribution in [0, 0.1) is 0 Å². The minimum absolute atomic E-state index is 0.0140. The zero-order valence-corrected chi connectivity index (χ0v) is 18.6. The van der Waals surface area contributed by atoms with E-state index in [0.717, 1.165) is 23.1 Å². The number of fused-ring (bicyclic) bond motifs is 2. The van der Waals surface area contributed by atoms with Crippen LogP contribution in [0.25, 0.3) is 10.2 Å². The summed E-state index contributed by atoms with van der Waals surface area (Å²) in [6.45, 7) is 3.04. The van der Waals surface area contributed by atoms with E-state index in [0.29, 0.717) is 29.8 Å². The predicted molar refractivity (Wildman–Crippen MR) is 119 cm³/mol. The highest BCUT2D eigenvalue weighted by Crippen LogP contribution is 2.32. The van der Waals surface area contributed by atoms with Gasteiger partial charge >= 0.3 is 0 Å². The summed E-state index contributed by atoms with van der Waals surface area (Å²) in [7, 11) is -3.78. The molecule has 0 saturated heterocycles. The van der Waals surface area contributed by atoms with Gasteiger partial charge in [-0.2, -0.15) is 0 Å². The Morgan fingerprint density at radius 2 is 1.94 bits per heavy atom. The Morgan fingerprint density at radius 1 is 1.13 bits per heavy atom. The van der Waals surface area contributed by atoms with E-state index in [-0.39, 0.29) is 23.8 Å². The quantitative estimate of drug-likeness (QED) is 0.559. The fourth-order valence-electron chi connectivity index (χ4n) is 3.12. The first kappa shape index (κ1) is 21.5. The molecule has 0 atom stereocenters. The molecule has 4 rings (SSSR count). The number of nitrogens with one attached hydrogen (secondary N) is 2. The van der Waals surface area contributed by atoms with E-state index >= 15 is 0 Å². The van der Waals surface area contributed by atoms with Crippen molar-refractivity contribution < 1.29 is 22.7 Å². The molecular weight excluding hydrogens is 438 g/mol. The molecule has 164 valence electrons. The Labute approximate surface area is 184 Å². The fraction of sp³-hybridized carbons (Fsp3) is 0.333. The highest BCUT2D eigenvalue weighted by Gasteiger charge is 2.19. The standard InChI is InChI=1S/C21H23N3O5S2/c1-2-14-4-6-16-19(12-14)30-21(23-16)24-20(25)8-9-22-31(26,27)15-5-7-17-18(13-15)29-11-3-10-28-17/h4-7,12-13,22H,2-3,8-11H2,1H3,(H,23,24,25). The van der Waals surface area contributed by atoms with Crippen LogP contribution in [0.15, 0.2) is 41.3 Å². The second kappa shape index (κ2) is 9.21. The molecule has 3 aromatic rings. The Bertz CT molecular complexity index is 1210. The summed E-state index contributed by atoms with van der Waals surface area (Å²) in [5.41, 5.74) is 2.03. The van der Waals surface area contributed by atoms with Crippen LogP contribution in [0.2, 0.25) is 0 Å². The number of carbonyl (C=O) groups excluding carboxylic acids is 1. The number of ether oxygens (including phenoxy) is 2. The van der Waals surface area contributed by atoms with Gasteiger partial charge in [0.05, 0.1) is 28.3 Å². The predicted octanol–water partition coefficient (Wildman–Crippen LogP) is 3.33. The fourth-order valence-corrected chi connectivity index (χ4v) is 5.11. The third-order valence-corrected chi connectivity index (χ3v) is 7.17. The summed E-state index contributed by atoms with van der Waals surface area (Å²) < 4.78 is 39.7. The molecule has 2 aromatic carbocycles. The van der Waals surface area contributed by atoms with E-state index in [9.17, 15) is 13.2 Å². The minimum atomic E-state index is -3.78. The molecule has 2 N–H and O–H groups in total. The highest BCUT2D eigenvalue weighted by molar-refractivity contribution is 7.89. The zero-order chi connectivity index (χ0) is 21.8. The maximum atomic E-state index is 12.6. The molecule has 0 aliphatic carbocycles. The molecule has 0 unspecified atom stereocenters. The number of nitrogens with zero attached hydrogens (tertiary/aromatic N) is 1. The molecule has 0 saturated carbocycles. The van der Waals surface area contributed by atoms with Crippen molar-refractivity contribution in [2.24, 2.45) is 0 Å². The second-order valence-corrected chi connectivity index (χ2v) is 9.83. The Hall–Kier alpha value is -2.69. The summed E-state index contributed by atoms with van der Waals surface area (Å²) in [6.07, 6.45) is 1.65. The first-order chi connectivity index (χ1) is 14.9. The molecule has 0 spiro atoms. The van der Waals surface area contributed by atoms with Crippen LogP contribution in [-0.4, -0.2) is 39.1 Å². The van der Waals surface area contributed by atoms with Crippen molar-refractivity contribution >= 4 is 42.6 Å². The topological polar surface area (TPSA) is 107 Å². The first-order valence-corrected chi connectivity index (χ1v) is 12.3. The van der Waals surface area contributed by atoms with Gasteiger partial charge in [-0.05, 0) is 36.2 Å². The number of sulfonamides is 1. The summed E-state index contributed by atoms with van der Waals surface area (Å²) in [6, 6.07) is 10.5. The summed E-state index contributed by atoms with van der Waals surface area (Å²) in [5.74, 6) is 0.619. The van der Waals surface area contributed by atoms with E-state index in [1.54, 1.807) is 6.07 Å². The lowest BCUT2D eigenvalue weighted by molar-refractivity contribution is -0.116. The van der Waals surface area contributed by atoms with Gasteiger partial charge in [0.1, 0.15) is 0 Å². The van der Waals surface area contributed by atoms with Crippen LogP contribution < -0.4 is 19.5 Å². The number of aromatic nitrogens is 1. The van der Waals surface area contributed by atoms with Gasteiger partial charge in [0, 0.05) is 25.5 Å². The van der Waals surface area contributed by atoms with Crippen LogP contribution in [0.5, 0.6) is 11.5 Å². The van der Waals surface area contributed by atoms with Crippen LogP contribution in [0.4, 0.5) is 5.13 Å². The normalized spacial score (nSPS) is 13.7. The third-order valence-electron chi connectivity index (χ3n) is 4.78. The van der Waals surface area contributed by atoms with Crippen molar-refractivity contribution in [2.45, 2.75) is 31.1 Å². The number of hydrogen-bond donors (Lipinski definition) is 2. The average molecular weight is 462 g/mol. The lowest BCUT2D eigenvalue weighted by atomic mass is 10.2. The van der Waals surface area contributed by atoms with Crippen molar-refractivity contribution in [3.63, 3.8) is 0 Å². The Balaban J connectivity index is 1.34. The van der Waals surface area contributed by atoms with Crippen molar-refractivity contribution in [1.82, 2.24) is 9.71 Å². The number of hydrogen-bond acceptors (Lipinski definition) is 7. The molecule has 1 amide bonds. The van der Waals surface area contributed by atoms with E-state index in [1.807, 2.05) is 12.1 Å². The largest absolute Gasteiger partial charge is 0.490 e.